The highest BCUT2D eigenvalue weighted by molar-refractivity contribution is 7.85. The van der Waals surface area contributed by atoms with Crippen molar-refractivity contribution in [2.24, 2.45) is 4.99 Å². The van der Waals surface area contributed by atoms with Crippen molar-refractivity contribution in [3.63, 3.8) is 0 Å². The Kier molecular flexibility index (Phi) is 6.47. The normalized spacial score (nSPS) is 14.4. The average molecular weight is 490 g/mol. The van der Waals surface area contributed by atoms with Crippen molar-refractivity contribution in [3.05, 3.63) is 89.6 Å². The summed E-state index contributed by atoms with van der Waals surface area (Å²) in [7, 11) is 3.42. The molecule has 0 saturated heterocycles. The van der Waals surface area contributed by atoms with E-state index in [2.05, 4.69) is 5.32 Å². The zero-order chi connectivity index (χ0) is 25.3. The number of fused-ring (bicyclic) bond motifs is 1. The van der Waals surface area contributed by atoms with Crippen LogP contribution < -0.4 is 15.1 Å². The van der Waals surface area contributed by atoms with E-state index in [0.717, 1.165) is 17.1 Å². The Balaban J connectivity index is 1.79. The van der Waals surface area contributed by atoms with E-state index >= 15 is 0 Å². The molecule has 0 unspecified atom stereocenters. The molecule has 3 aromatic carbocycles. The number of hydrogen-bond donors (Lipinski definition) is 3. The third-order valence-electron chi connectivity index (χ3n) is 5.66. The van der Waals surface area contributed by atoms with Gasteiger partial charge in [-0.15, -0.1) is 0 Å². The molecule has 0 heterocycles. The lowest BCUT2D eigenvalue weighted by Gasteiger charge is -2.22. The summed E-state index contributed by atoms with van der Waals surface area (Å²) in [6.07, 6.45) is 1.72. The predicted octanol–water partition coefficient (Wildman–Crippen LogP) is 4.56. The van der Waals surface area contributed by atoms with Gasteiger partial charge in [0.25, 0.3) is 10.1 Å². The molecule has 0 fully saturated rings. The van der Waals surface area contributed by atoms with Gasteiger partial charge >= 0.3 is 0 Å². The minimum Gasteiger partial charge on any atom is -0.378 e. The second-order valence-corrected chi connectivity index (χ2v) is 10.0. The summed E-state index contributed by atoms with van der Waals surface area (Å²) in [5, 5.41) is 12.0. The number of benzene rings is 3. The first-order valence-corrected chi connectivity index (χ1v) is 12.3. The van der Waals surface area contributed by atoms with Crippen LogP contribution in [-0.4, -0.2) is 52.6 Å². The number of hydrogen-bond acceptors (Lipinski definition) is 7. The quantitative estimate of drug-likeness (QED) is 0.438. The molecule has 0 radical (unpaired) electrons. The van der Waals surface area contributed by atoms with Gasteiger partial charge in [0.15, 0.2) is 0 Å². The molecule has 0 bridgehead atoms. The van der Waals surface area contributed by atoms with Crippen LogP contribution in [-0.2, 0) is 10.1 Å². The van der Waals surface area contributed by atoms with Gasteiger partial charge in [0.05, 0.1) is 27.7 Å². The molecule has 9 heteroatoms. The molecule has 0 atom stereocenters. The van der Waals surface area contributed by atoms with Crippen LogP contribution in [0.2, 0.25) is 0 Å². The molecule has 1 aliphatic carbocycles. The van der Waals surface area contributed by atoms with Crippen LogP contribution in [0.4, 0.5) is 22.7 Å². The summed E-state index contributed by atoms with van der Waals surface area (Å²) in [5.74, 6) is 0. The van der Waals surface area contributed by atoms with Crippen molar-refractivity contribution in [3.8, 4) is 0 Å². The van der Waals surface area contributed by atoms with Crippen molar-refractivity contribution < 1.29 is 13.0 Å². The molecule has 0 amide bonds. The number of rotatable bonds is 6. The highest BCUT2D eigenvalue weighted by atomic mass is 32.2. The zero-order valence-corrected chi connectivity index (χ0v) is 20.8. The molecule has 3 N–H and O–H groups in total. The SMILES string of the molecule is CN(C)c1ccc(N=C2C=C(Nc3ccc(N(C)C)cc3)C(=N)c3ccc(S(=O)(=O)O)cc32)cc1. The van der Waals surface area contributed by atoms with Gasteiger partial charge in [0.1, 0.15) is 0 Å². The maximum atomic E-state index is 11.8. The van der Waals surface area contributed by atoms with Crippen LogP contribution in [0.5, 0.6) is 0 Å². The lowest BCUT2D eigenvalue weighted by Crippen LogP contribution is -2.22. The van der Waals surface area contributed by atoms with Gasteiger partial charge in [-0.2, -0.15) is 8.42 Å². The summed E-state index contributed by atoms with van der Waals surface area (Å²) in [6.45, 7) is 0. The molecule has 0 aromatic heterocycles. The second kappa shape index (κ2) is 9.36. The molecular weight excluding hydrogens is 462 g/mol. The standard InChI is InChI=1S/C26H27N5O3S/c1-30(2)19-9-5-17(6-10-19)28-24-16-25(29-18-7-11-20(12-8-18)31(3)4)26(27)22-14-13-21(15-23(22)24)35(32,33)34/h5-16,27,29H,1-4H3,(H,32,33,34). The summed E-state index contributed by atoms with van der Waals surface area (Å²) in [4.78, 5) is 8.49. The first-order valence-electron chi connectivity index (χ1n) is 10.9. The molecule has 3 aromatic rings. The molecule has 4 rings (SSSR count). The summed E-state index contributed by atoms with van der Waals surface area (Å²) < 4.78 is 33.1. The summed E-state index contributed by atoms with van der Waals surface area (Å²) in [6, 6.07) is 19.6. The number of aliphatic imine (C=N–C) groups is 1. The van der Waals surface area contributed by atoms with Gasteiger partial charge in [-0.25, -0.2) is 4.99 Å². The molecule has 35 heavy (non-hydrogen) atoms. The minimum absolute atomic E-state index is 0.195. The number of nitrogens with zero attached hydrogens (tertiary/aromatic N) is 3. The molecule has 0 aliphatic heterocycles. The topological polar surface area (TPSA) is 109 Å². The average Bonchev–Trinajstić information content (AvgIpc) is 2.82. The zero-order valence-electron chi connectivity index (χ0n) is 19.9. The van der Waals surface area contributed by atoms with Crippen molar-refractivity contribution in [2.45, 2.75) is 4.90 Å². The molecule has 180 valence electrons. The Morgan fingerprint density at radius 1 is 0.829 bits per heavy atom. The molecular formula is C26H27N5O3S. The number of anilines is 3. The van der Waals surface area contributed by atoms with E-state index in [1.54, 1.807) is 6.08 Å². The van der Waals surface area contributed by atoms with E-state index in [4.69, 9.17) is 10.4 Å². The first-order chi connectivity index (χ1) is 16.5. The number of allylic oxidation sites excluding steroid dienone is 2. The second-order valence-electron chi connectivity index (χ2n) is 8.59. The van der Waals surface area contributed by atoms with Crippen LogP contribution in [0.3, 0.4) is 0 Å². The smallest absolute Gasteiger partial charge is 0.294 e. The maximum Gasteiger partial charge on any atom is 0.294 e. The van der Waals surface area contributed by atoms with Gasteiger partial charge in [-0.3, -0.25) is 9.96 Å². The first kappa shape index (κ1) is 24.2. The lowest BCUT2D eigenvalue weighted by molar-refractivity contribution is 0.483. The van der Waals surface area contributed by atoms with E-state index in [1.165, 1.54) is 18.2 Å². The van der Waals surface area contributed by atoms with E-state index in [0.29, 0.717) is 28.2 Å². The highest BCUT2D eigenvalue weighted by Gasteiger charge is 2.24. The van der Waals surface area contributed by atoms with Crippen LogP contribution in [0.25, 0.3) is 0 Å². The molecule has 8 nitrogen and oxygen atoms in total. The van der Waals surface area contributed by atoms with E-state index in [9.17, 15) is 13.0 Å². The van der Waals surface area contributed by atoms with Crippen LogP contribution in [0, 0.1) is 5.41 Å². The van der Waals surface area contributed by atoms with Crippen LogP contribution in [0.15, 0.2) is 88.4 Å². The van der Waals surface area contributed by atoms with E-state index in [-0.39, 0.29) is 10.6 Å². The van der Waals surface area contributed by atoms with Crippen molar-refractivity contribution in [1.29, 1.82) is 5.41 Å². The largest absolute Gasteiger partial charge is 0.378 e. The Hall–Kier alpha value is -3.95. The Morgan fingerprint density at radius 3 is 1.94 bits per heavy atom. The Bertz CT molecular complexity index is 1440. The Morgan fingerprint density at radius 2 is 1.40 bits per heavy atom. The van der Waals surface area contributed by atoms with Crippen molar-refractivity contribution in [2.75, 3.05) is 43.3 Å². The highest BCUT2D eigenvalue weighted by Crippen LogP contribution is 2.28. The third-order valence-corrected chi connectivity index (χ3v) is 6.51. The van der Waals surface area contributed by atoms with Crippen molar-refractivity contribution in [1.82, 2.24) is 0 Å². The fourth-order valence-electron chi connectivity index (χ4n) is 3.70. The molecule has 0 spiro atoms. The van der Waals surface area contributed by atoms with Gasteiger partial charge in [0, 0.05) is 56.4 Å². The summed E-state index contributed by atoms with van der Waals surface area (Å²) >= 11 is 0. The van der Waals surface area contributed by atoms with Gasteiger partial charge < -0.3 is 15.1 Å². The summed E-state index contributed by atoms with van der Waals surface area (Å²) in [5.41, 5.74) is 5.71. The van der Waals surface area contributed by atoms with Crippen molar-refractivity contribution >= 4 is 44.3 Å². The monoisotopic (exact) mass is 489 g/mol. The fourth-order valence-corrected chi connectivity index (χ4v) is 4.21. The Labute approximate surface area is 205 Å². The van der Waals surface area contributed by atoms with E-state index in [1.807, 2.05) is 86.5 Å². The fraction of sp³-hybridized carbons (Fsp3) is 0.154. The number of nitrogens with one attached hydrogen (secondary N) is 2. The minimum atomic E-state index is -4.41. The molecule has 1 aliphatic rings. The molecule has 0 saturated carbocycles. The van der Waals surface area contributed by atoms with Gasteiger partial charge in [-0.05, 0) is 66.7 Å². The van der Waals surface area contributed by atoms with Crippen LogP contribution >= 0.6 is 0 Å². The van der Waals surface area contributed by atoms with Crippen LogP contribution in [0.1, 0.15) is 11.1 Å². The third kappa shape index (κ3) is 5.26. The lowest BCUT2D eigenvalue weighted by atomic mass is 9.91. The van der Waals surface area contributed by atoms with E-state index < -0.39 is 10.1 Å². The predicted molar refractivity (Wildman–Crippen MR) is 143 cm³/mol. The maximum absolute atomic E-state index is 11.8. The van der Waals surface area contributed by atoms with Gasteiger partial charge in [-0.1, -0.05) is 6.07 Å². The van der Waals surface area contributed by atoms with Gasteiger partial charge in [0.2, 0.25) is 0 Å².